The average molecular weight is 255 g/mol. The van der Waals surface area contributed by atoms with Gasteiger partial charge in [0.15, 0.2) is 0 Å². The van der Waals surface area contributed by atoms with Crippen LogP contribution in [-0.2, 0) is 9.59 Å². The molecule has 2 atom stereocenters. The van der Waals surface area contributed by atoms with Crippen molar-refractivity contribution in [3.63, 3.8) is 0 Å². The quantitative estimate of drug-likeness (QED) is 0.638. The number of carbonyl (C=O) groups excluding carboxylic acids is 1. The number of nitrogens with one attached hydrogen (secondary N) is 1. The standard InChI is InChI=1S/C13H21NO4/c1-13(2,7-8-15)14-11(16)9-5-3-4-6-10(9)12(17)18/h3-4,9-10,15H,5-8H2,1-2H3,(H,14,16)(H,17,18)/t9-,10+/m1/s1. The van der Waals surface area contributed by atoms with Crippen LogP contribution in [0.4, 0.5) is 0 Å². The topological polar surface area (TPSA) is 86.6 Å². The summed E-state index contributed by atoms with van der Waals surface area (Å²) in [7, 11) is 0. The van der Waals surface area contributed by atoms with E-state index in [1.165, 1.54) is 0 Å². The van der Waals surface area contributed by atoms with E-state index < -0.39 is 23.3 Å². The van der Waals surface area contributed by atoms with Gasteiger partial charge in [-0.3, -0.25) is 9.59 Å². The Morgan fingerprint density at radius 1 is 1.28 bits per heavy atom. The maximum atomic E-state index is 12.1. The van der Waals surface area contributed by atoms with E-state index in [4.69, 9.17) is 10.2 Å². The summed E-state index contributed by atoms with van der Waals surface area (Å²) in [5, 5.41) is 20.8. The summed E-state index contributed by atoms with van der Waals surface area (Å²) in [6, 6.07) is 0. The normalized spacial score (nSPS) is 23.7. The van der Waals surface area contributed by atoms with E-state index in [2.05, 4.69) is 5.32 Å². The van der Waals surface area contributed by atoms with Gasteiger partial charge in [-0.25, -0.2) is 0 Å². The van der Waals surface area contributed by atoms with Crippen molar-refractivity contribution in [3.05, 3.63) is 12.2 Å². The van der Waals surface area contributed by atoms with Crippen molar-refractivity contribution in [2.24, 2.45) is 11.8 Å². The van der Waals surface area contributed by atoms with Gasteiger partial charge in [0.25, 0.3) is 0 Å². The Hall–Kier alpha value is -1.36. The predicted octanol–water partition coefficient (Wildman–Crippen LogP) is 0.931. The number of aliphatic carboxylic acids is 1. The van der Waals surface area contributed by atoms with E-state index in [1.54, 1.807) is 6.08 Å². The van der Waals surface area contributed by atoms with E-state index in [-0.39, 0.29) is 12.5 Å². The largest absolute Gasteiger partial charge is 0.481 e. The minimum Gasteiger partial charge on any atom is -0.481 e. The summed E-state index contributed by atoms with van der Waals surface area (Å²) in [6.07, 6.45) is 4.95. The van der Waals surface area contributed by atoms with Gasteiger partial charge >= 0.3 is 5.97 Å². The molecular formula is C13H21NO4. The third-order valence-corrected chi connectivity index (χ3v) is 3.28. The van der Waals surface area contributed by atoms with Crippen molar-refractivity contribution in [1.82, 2.24) is 5.32 Å². The minimum absolute atomic E-state index is 0.0137. The van der Waals surface area contributed by atoms with Crippen molar-refractivity contribution in [2.45, 2.75) is 38.6 Å². The zero-order valence-electron chi connectivity index (χ0n) is 10.8. The van der Waals surface area contributed by atoms with Crippen molar-refractivity contribution < 1.29 is 19.8 Å². The maximum Gasteiger partial charge on any atom is 0.307 e. The molecule has 0 saturated carbocycles. The molecular weight excluding hydrogens is 234 g/mol. The molecule has 0 heterocycles. The molecule has 102 valence electrons. The molecule has 0 aromatic rings. The summed E-state index contributed by atoms with van der Waals surface area (Å²) in [4.78, 5) is 23.2. The second kappa shape index (κ2) is 6.00. The first-order valence-corrected chi connectivity index (χ1v) is 6.18. The van der Waals surface area contributed by atoms with Gasteiger partial charge in [0, 0.05) is 12.1 Å². The average Bonchev–Trinajstić information content (AvgIpc) is 2.28. The minimum atomic E-state index is -0.931. The first kappa shape index (κ1) is 14.7. The Kier molecular flexibility index (Phi) is 4.90. The highest BCUT2D eigenvalue weighted by molar-refractivity contribution is 5.85. The van der Waals surface area contributed by atoms with Crippen molar-refractivity contribution in [1.29, 1.82) is 0 Å². The van der Waals surface area contributed by atoms with Crippen LogP contribution in [0.5, 0.6) is 0 Å². The highest BCUT2D eigenvalue weighted by Gasteiger charge is 2.35. The first-order chi connectivity index (χ1) is 8.37. The van der Waals surface area contributed by atoms with E-state index in [0.29, 0.717) is 19.3 Å². The van der Waals surface area contributed by atoms with E-state index in [9.17, 15) is 9.59 Å². The number of rotatable bonds is 5. The van der Waals surface area contributed by atoms with Crippen LogP contribution in [0.15, 0.2) is 12.2 Å². The SMILES string of the molecule is CC(C)(CCO)NC(=O)[C@@H]1CC=CC[C@@H]1C(=O)O. The molecule has 0 aromatic carbocycles. The van der Waals surface area contributed by atoms with Gasteiger partial charge < -0.3 is 15.5 Å². The molecule has 0 saturated heterocycles. The molecule has 3 N–H and O–H groups in total. The number of aliphatic hydroxyl groups excluding tert-OH is 1. The molecule has 5 heteroatoms. The van der Waals surface area contributed by atoms with Gasteiger partial charge in [-0.05, 0) is 33.1 Å². The molecule has 1 aliphatic rings. The number of carboxylic acids is 1. The smallest absolute Gasteiger partial charge is 0.307 e. The fourth-order valence-corrected chi connectivity index (χ4v) is 2.15. The number of aliphatic hydroxyl groups is 1. The summed E-state index contributed by atoms with van der Waals surface area (Å²) in [6.45, 7) is 3.62. The Labute approximate surface area is 107 Å². The summed E-state index contributed by atoms with van der Waals surface area (Å²) >= 11 is 0. The third-order valence-electron chi connectivity index (χ3n) is 3.28. The van der Waals surface area contributed by atoms with Crippen LogP contribution in [0, 0.1) is 11.8 Å². The molecule has 0 unspecified atom stereocenters. The summed E-state index contributed by atoms with van der Waals surface area (Å²) < 4.78 is 0. The number of carboxylic acid groups (broad SMARTS) is 1. The summed E-state index contributed by atoms with van der Waals surface area (Å²) in [5.74, 6) is -2.35. The monoisotopic (exact) mass is 255 g/mol. The number of amides is 1. The third kappa shape index (κ3) is 3.84. The highest BCUT2D eigenvalue weighted by Crippen LogP contribution is 2.26. The van der Waals surface area contributed by atoms with Gasteiger partial charge in [0.05, 0.1) is 11.8 Å². The molecule has 0 radical (unpaired) electrons. The zero-order chi connectivity index (χ0) is 13.8. The van der Waals surface area contributed by atoms with Crippen molar-refractivity contribution in [2.75, 3.05) is 6.61 Å². The molecule has 1 aliphatic carbocycles. The van der Waals surface area contributed by atoms with Crippen LogP contribution < -0.4 is 5.32 Å². The predicted molar refractivity (Wildman–Crippen MR) is 66.9 cm³/mol. The second-order valence-corrected chi connectivity index (χ2v) is 5.34. The molecule has 0 aromatic heterocycles. The van der Waals surface area contributed by atoms with Crippen molar-refractivity contribution in [3.8, 4) is 0 Å². The molecule has 1 amide bonds. The Morgan fingerprint density at radius 3 is 2.33 bits per heavy atom. The molecule has 0 bridgehead atoms. The van der Waals surface area contributed by atoms with Gasteiger partial charge in [-0.1, -0.05) is 12.2 Å². The molecule has 1 rings (SSSR count). The highest BCUT2D eigenvalue weighted by atomic mass is 16.4. The number of allylic oxidation sites excluding steroid dienone is 2. The van der Waals surface area contributed by atoms with Gasteiger partial charge in [0.2, 0.25) is 5.91 Å². The van der Waals surface area contributed by atoms with Crippen LogP contribution in [-0.4, -0.2) is 34.2 Å². The van der Waals surface area contributed by atoms with Crippen LogP contribution in [0.1, 0.15) is 33.1 Å². The van der Waals surface area contributed by atoms with Crippen LogP contribution in [0.2, 0.25) is 0 Å². The molecule has 0 spiro atoms. The first-order valence-electron chi connectivity index (χ1n) is 6.18. The molecule has 18 heavy (non-hydrogen) atoms. The molecule has 5 nitrogen and oxygen atoms in total. The van der Waals surface area contributed by atoms with Crippen LogP contribution in [0.25, 0.3) is 0 Å². The second-order valence-electron chi connectivity index (χ2n) is 5.34. The fourth-order valence-electron chi connectivity index (χ4n) is 2.15. The van der Waals surface area contributed by atoms with Crippen molar-refractivity contribution >= 4 is 11.9 Å². The molecule has 0 aliphatic heterocycles. The van der Waals surface area contributed by atoms with E-state index >= 15 is 0 Å². The van der Waals surface area contributed by atoms with E-state index in [1.807, 2.05) is 19.9 Å². The fraction of sp³-hybridized carbons (Fsp3) is 0.692. The number of hydrogen-bond acceptors (Lipinski definition) is 3. The van der Waals surface area contributed by atoms with E-state index in [0.717, 1.165) is 0 Å². The maximum absolute atomic E-state index is 12.1. The van der Waals surface area contributed by atoms with Gasteiger partial charge in [-0.2, -0.15) is 0 Å². The van der Waals surface area contributed by atoms with Gasteiger partial charge in [-0.15, -0.1) is 0 Å². The number of hydrogen-bond donors (Lipinski definition) is 3. The lowest BCUT2D eigenvalue weighted by molar-refractivity contribution is -0.147. The Bertz CT molecular complexity index is 349. The zero-order valence-corrected chi connectivity index (χ0v) is 10.8. The lowest BCUT2D eigenvalue weighted by Gasteiger charge is -2.31. The van der Waals surface area contributed by atoms with Crippen LogP contribution >= 0.6 is 0 Å². The summed E-state index contributed by atoms with van der Waals surface area (Å²) in [5.41, 5.74) is -0.518. The lowest BCUT2D eigenvalue weighted by Crippen LogP contribution is -2.49. The lowest BCUT2D eigenvalue weighted by atomic mass is 9.82. The van der Waals surface area contributed by atoms with Crippen LogP contribution in [0.3, 0.4) is 0 Å². The Morgan fingerprint density at radius 2 is 1.83 bits per heavy atom. The number of carbonyl (C=O) groups is 2. The Balaban J connectivity index is 2.70. The molecule has 0 fully saturated rings. The van der Waals surface area contributed by atoms with Gasteiger partial charge in [0.1, 0.15) is 0 Å².